The highest BCUT2D eigenvalue weighted by Crippen LogP contribution is 2.22. The standard InChI is InChI=1S/C26H36N6O3/c1-17(33)32-14-20(15-32)28-23-11-22(29-25(30-23)26(2,3)4)24(35)27-12-21(34)16-31-10-9-18-7-5-6-8-19(18)13-31/h5-8,11,20-21,34H,9-10,12-16H2,1-4H3,(H,27,35)(H,28,29,30)/t21-/m0/s1. The number of benzene rings is 1. The number of aliphatic hydroxyl groups is 1. The summed E-state index contributed by atoms with van der Waals surface area (Å²) in [5.41, 5.74) is 2.57. The first kappa shape index (κ1) is 25.1. The lowest BCUT2D eigenvalue weighted by atomic mass is 9.95. The van der Waals surface area contributed by atoms with Gasteiger partial charge < -0.3 is 20.6 Å². The third-order valence-corrected chi connectivity index (χ3v) is 6.49. The summed E-state index contributed by atoms with van der Waals surface area (Å²) in [5.74, 6) is 0.829. The van der Waals surface area contributed by atoms with Gasteiger partial charge in [0, 0.05) is 57.7 Å². The molecule has 2 aliphatic heterocycles. The molecule has 2 amide bonds. The van der Waals surface area contributed by atoms with Crippen LogP contribution in [-0.4, -0.2) is 81.6 Å². The normalized spacial score (nSPS) is 17.3. The van der Waals surface area contributed by atoms with Gasteiger partial charge in [0.1, 0.15) is 17.3 Å². The minimum Gasteiger partial charge on any atom is -0.390 e. The van der Waals surface area contributed by atoms with Gasteiger partial charge in [-0.25, -0.2) is 9.97 Å². The zero-order chi connectivity index (χ0) is 25.2. The van der Waals surface area contributed by atoms with E-state index in [0.29, 0.717) is 31.3 Å². The molecule has 0 aliphatic carbocycles. The molecule has 3 N–H and O–H groups in total. The van der Waals surface area contributed by atoms with E-state index in [1.54, 1.807) is 17.9 Å². The Morgan fingerprint density at radius 1 is 1.17 bits per heavy atom. The number of nitrogens with zero attached hydrogens (tertiary/aromatic N) is 4. The van der Waals surface area contributed by atoms with E-state index in [1.807, 2.05) is 26.8 Å². The number of rotatable bonds is 7. The van der Waals surface area contributed by atoms with Gasteiger partial charge >= 0.3 is 0 Å². The van der Waals surface area contributed by atoms with Crippen LogP contribution in [0.25, 0.3) is 0 Å². The summed E-state index contributed by atoms with van der Waals surface area (Å²) in [6.07, 6.45) is 0.283. The highest BCUT2D eigenvalue weighted by Gasteiger charge is 2.30. The third kappa shape index (κ3) is 6.35. The van der Waals surface area contributed by atoms with Crippen LogP contribution in [0.5, 0.6) is 0 Å². The summed E-state index contributed by atoms with van der Waals surface area (Å²) in [5, 5.41) is 16.7. The first-order chi connectivity index (χ1) is 16.6. The predicted octanol–water partition coefficient (Wildman–Crippen LogP) is 1.57. The number of nitrogens with one attached hydrogen (secondary N) is 2. The largest absolute Gasteiger partial charge is 0.390 e. The quantitative estimate of drug-likeness (QED) is 0.552. The van der Waals surface area contributed by atoms with Gasteiger partial charge in [-0.15, -0.1) is 0 Å². The van der Waals surface area contributed by atoms with Gasteiger partial charge in [0.25, 0.3) is 5.91 Å². The maximum atomic E-state index is 12.9. The Labute approximate surface area is 206 Å². The van der Waals surface area contributed by atoms with Crippen LogP contribution in [-0.2, 0) is 23.2 Å². The Morgan fingerprint density at radius 2 is 1.89 bits per heavy atom. The molecule has 188 valence electrons. The summed E-state index contributed by atoms with van der Waals surface area (Å²) in [6.45, 7) is 11.1. The van der Waals surface area contributed by atoms with Crippen LogP contribution in [0, 0.1) is 0 Å². The van der Waals surface area contributed by atoms with Crippen molar-refractivity contribution >= 4 is 17.6 Å². The lowest BCUT2D eigenvalue weighted by Gasteiger charge is -2.39. The molecule has 0 bridgehead atoms. The number of likely N-dealkylation sites (tertiary alicyclic amines) is 1. The molecule has 0 spiro atoms. The number of anilines is 1. The number of carbonyl (C=O) groups is 2. The van der Waals surface area contributed by atoms with Crippen molar-refractivity contribution in [1.29, 1.82) is 0 Å². The van der Waals surface area contributed by atoms with Crippen molar-refractivity contribution < 1.29 is 14.7 Å². The number of aromatic nitrogens is 2. The highest BCUT2D eigenvalue weighted by atomic mass is 16.3. The zero-order valence-corrected chi connectivity index (χ0v) is 21.0. The van der Waals surface area contributed by atoms with E-state index in [1.165, 1.54) is 11.1 Å². The fourth-order valence-electron chi connectivity index (χ4n) is 4.38. The summed E-state index contributed by atoms with van der Waals surface area (Å²) >= 11 is 0. The number of carbonyl (C=O) groups excluding carboxylic acids is 2. The van der Waals surface area contributed by atoms with Gasteiger partial charge in [-0.2, -0.15) is 0 Å². The van der Waals surface area contributed by atoms with E-state index in [-0.39, 0.29) is 35.5 Å². The molecule has 9 heteroatoms. The third-order valence-electron chi connectivity index (χ3n) is 6.49. The zero-order valence-electron chi connectivity index (χ0n) is 21.0. The molecule has 1 aromatic heterocycles. The highest BCUT2D eigenvalue weighted by molar-refractivity contribution is 5.93. The molecule has 0 unspecified atom stereocenters. The predicted molar refractivity (Wildman–Crippen MR) is 134 cm³/mol. The van der Waals surface area contributed by atoms with Crippen molar-refractivity contribution in [2.45, 2.75) is 58.2 Å². The average Bonchev–Trinajstić information content (AvgIpc) is 2.78. The van der Waals surface area contributed by atoms with Crippen LogP contribution in [0.2, 0.25) is 0 Å². The lowest BCUT2D eigenvalue weighted by Crippen LogP contribution is -2.56. The second-order valence-corrected chi connectivity index (χ2v) is 10.6. The molecular weight excluding hydrogens is 444 g/mol. The van der Waals surface area contributed by atoms with Crippen LogP contribution in [0.15, 0.2) is 30.3 Å². The number of amides is 2. The topological polar surface area (TPSA) is 111 Å². The molecular formula is C26H36N6O3. The molecule has 1 aromatic carbocycles. The molecule has 35 heavy (non-hydrogen) atoms. The van der Waals surface area contributed by atoms with E-state index in [0.717, 1.165) is 19.5 Å². The Kier molecular flexibility index (Phi) is 7.37. The van der Waals surface area contributed by atoms with Crippen LogP contribution >= 0.6 is 0 Å². The smallest absolute Gasteiger partial charge is 0.270 e. The monoisotopic (exact) mass is 480 g/mol. The number of β-amino-alcohol motifs (C(OH)–C–C–N with tert-alkyl or cyclic N) is 1. The van der Waals surface area contributed by atoms with E-state index in [2.05, 4.69) is 43.7 Å². The van der Waals surface area contributed by atoms with E-state index in [4.69, 9.17) is 0 Å². The molecule has 2 aromatic rings. The van der Waals surface area contributed by atoms with E-state index < -0.39 is 6.10 Å². The van der Waals surface area contributed by atoms with Crippen molar-refractivity contribution in [2.75, 3.05) is 38.0 Å². The molecule has 0 radical (unpaired) electrons. The van der Waals surface area contributed by atoms with Gasteiger partial charge in [0.05, 0.1) is 12.1 Å². The van der Waals surface area contributed by atoms with Crippen LogP contribution in [0.4, 0.5) is 5.82 Å². The Bertz CT molecular complexity index is 1080. The maximum Gasteiger partial charge on any atom is 0.270 e. The van der Waals surface area contributed by atoms with Gasteiger partial charge in [-0.3, -0.25) is 14.5 Å². The summed E-state index contributed by atoms with van der Waals surface area (Å²) in [4.78, 5) is 37.5. The average molecular weight is 481 g/mol. The maximum absolute atomic E-state index is 12.9. The number of aliphatic hydroxyl groups excluding tert-OH is 1. The van der Waals surface area contributed by atoms with Crippen LogP contribution < -0.4 is 10.6 Å². The Morgan fingerprint density at radius 3 is 2.57 bits per heavy atom. The SMILES string of the molecule is CC(=O)N1CC(Nc2cc(C(=O)NC[C@H](O)CN3CCc4ccccc4C3)nc(C(C)(C)C)n2)C1. The fraction of sp³-hybridized carbons (Fsp3) is 0.538. The lowest BCUT2D eigenvalue weighted by molar-refractivity contribution is -0.132. The molecule has 1 fully saturated rings. The Hall–Kier alpha value is -3.04. The summed E-state index contributed by atoms with van der Waals surface area (Å²) in [6, 6.07) is 10.1. The first-order valence-electron chi connectivity index (χ1n) is 12.3. The van der Waals surface area contributed by atoms with Gasteiger partial charge in [0.2, 0.25) is 5.91 Å². The van der Waals surface area contributed by atoms with Gasteiger partial charge in [0.15, 0.2) is 0 Å². The number of fused-ring (bicyclic) bond motifs is 1. The molecule has 2 aliphatic rings. The van der Waals surface area contributed by atoms with Crippen molar-refractivity contribution in [3.8, 4) is 0 Å². The molecule has 9 nitrogen and oxygen atoms in total. The molecule has 0 saturated carbocycles. The fourth-order valence-corrected chi connectivity index (χ4v) is 4.38. The first-order valence-corrected chi connectivity index (χ1v) is 12.3. The molecule has 1 saturated heterocycles. The minimum atomic E-state index is -0.682. The second kappa shape index (κ2) is 10.3. The van der Waals surface area contributed by atoms with Gasteiger partial charge in [-0.05, 0) is 17.5 Å². The molecule has 4 rings (SSSR count). The number of hydrogen-bond donors (Lipinski definition) is 3. The van der Waals surface area contributed by atoms with Crippen molar-refractivity contribution in [3.63, 3.8) is 0 Å². The van der Waals surface area contributed by atoms with Crippen LogP contribution in [0.3, 0.4) is 0 Å². The second-order valence-electron chi connectivity index (χ2n) is 10.6. The molecule has 1 atom stereocenters. The van der Waals surface area contributed by atoms with E-state index in [9.17, 15) is 14.7 Å². The summed E-state index contributed by atoms with van der Waals surface area (Å²) in [7, 11) is 0. The van der Waals surface area contributed by atoms with Crippen LogP contribution in [0.1, 0.15) is 55.1 Å². The van der Waals surface area contributed by atoms with E-state index >= 15 is 0 Å². The summed E-state index contributed by atoms with van der Waals surface area (Å²) < 4.78 is 0. The Balaban J connectivity index is 1.35. The molecule has 3 heterocycles. The van der Waals surface area contributed by atoms with Crippen molar-refractivity contribution in [2.24, 2.45) is 0 Å². The van der Waals surface area contributed by atoms with Crippen molar-refractivity contribution in [1.82, 2.24) is 25.1 Å². The van der Waals surface area contributed by atoms with Crippen molar-refractivity contribution in [3.05, 3.63) is 53.0 Å². The number of hydrogen-bond acceptors (Lipinski definition) is 7. The van der Waals surface area contributed by atoms with Gasteiger partial charge in [-0.1, -0.05) is 45.0 Å². The minimum absolute atomic E-state index is 0.0495.